The molecule has 0 spiro atoms. The molecular weight excluding hydrogens is 268 g/mol. The fourth-order valence-electron chi connectivity index (χ4n) is 2.17. The second-order valence-corrected chi connectivity index (χ2v) is 4.55. The maximum Gasteiger partial charge on any atom is 0.340 e. The summed E-state index contributed by atoms with van der Waals surface area (Å²) in [6.45, 7) is 5.47. The molecule has 2 rings (SSSR count). The van der Waals surface area contributed by atoms with Gasteiger partial charge in [-0.3, -0.25) is 0 Å². The molecule has 2 aromatic rings. The van der Waals surface area contributed by atoms with Crippen LogP contribution in [0.25, 0.3) is 0 Å². The number of nitrogens with two attached hydrogens (primary N) is 1. The average molecular weight is 288 g/mol. The number of hydrogen-bond acceptors (Lipinski definition) is 5. The molecule has 21 heavy (non-hydrogen) atoms. The predicted octanol–water partition coefficient (Wildman–Crippen LogP) is 3.07. The first kappa shape index (κ1) is 15.0. The van der Waals surface area contributed by atoms with Gasteiger partial charge in [0, 0.05) is 6.54 Å². The number of carbonyl (C=O) groups is 1. The van der Waals surface area contributed by atoms with E-state index in [1.165, 1.54) is 0 Å². The first-order valence-electron chi connectivity index (χ1n) is 7.00. The summed E-state index contributed by atoms with van der Waals surface area (Å²) in [5.41, 5.74) is 7.78. The lowest BCUT2D eigenvalue weighted by Crippen LogP contribution is -2.23. The molecule has 0 saturated carbocycles. The van der Waals surface area contributed by atoms with Crippen molar-refractivity contribution in [3.05, 3.63) is 47.9 Å². The summed E-state index contributed by atoms with van der Waals surface area (Å²) in [5, 5.41) is 0. The fourth-order valence-corrected chi connectivity index (χ4v) is 2.17. The van der Waals surface area contributed by atoms with Crippen molar-refractivity contribution in [2.45, 2.75) is 20.4 Å². The van der Waals surface area contributed by atoms with Gasteiger partial charge >= 0.3 is 5.97 Å². The zero-order valence-electron chi connectivity index (χ0n) is 12.3. The van der Waals surface area contributed by atoms with Crippen LogP contribution in [0.2, 0.25) is 0 Å². The van der Waals surface area contributed by atoms with E-state index in [1.807, 2.05) is 31.2 Å². The molecule has 1 heterocycles. The Morgan fingerprint density at radius 3 is 2.71 bits per heavy atom. The molecule has 1 aromatic carbocycles. The molecule has 0 fully saturated rings. The Bertz CT molecular complexity index is 594. The van der Waals surface area contributed by atoms with Crippen LogP contribution >= 0.6 is 0 Å². The molecule has 2 N–H and O–H groups in total. The van der Waals surface area contributed by atoms with E-state index in [4.69, 9.17) is 14.9 Å². The van der Waals surface area contributed by atoms with Crippen LogP contribution < -0.4 is 10.6 Å². The van der Waals surface area contributed by atoms with E-state index in [-0.39, 0.29) is 0 Å². The minimum atomic E-state index is -0.397. The van der Waals surface area contributed by atoms with Gasteiger partial charge in [-0.2, -0.15) is 0 Å². The highest BCUT2D eigenvalue weighted by Crippen LogP contribution is 2.28. The van der Waals surface area contributed by atoms with Crippen molar-refractivity contribution in [1.29, 1.82) is 0 Å². The summed E-state index contributed by atoms with van der Waals surface area (Å²) in [7, 11) is 0. The SMILES string of the molecule is CCOC(=O)c1cccc(N(CC)Cc2ccco2)c1N. The molecule has 0 aliphatic carbocycles. The smallest absolute Gasteiger partial charge is 0.340 e. The Labute approximate surface area is 124 Å². The number of furan rings is 1. The molecule has 0 amide bonds. The lowest BCUT2D eigenvalue weighted by molar-refractivity contribution is 0.0527. The van der Waals surface area contributed by atoms with Gasteiger partial charge in [-0.05, 0) is 38.1 Å². The maximum atomic E-state index is 11.9. The standard InChI is InChI=1S/C16H20N2O3/c1-3-18(11-12-7-6-10-21-12)14-9-5-8-13(15(14)17)16(19)20-4-2/h5-10H,3-4,11,17H2,1-2H3. The Balaban J connectivity index is 2.29. The largest absolute Gasteiger partial charge is 0.467 e. The van der Waals surface area contributed by atoms with E-state index >= 15 is 0 Å². The number of benzene rings is 1. The molecule has 5 nitrogen and oxygen atoms in total. The van der Waals surface area contributed by atoms with Gasteiger partial charge < -0.3 is 19.8 Å². The van der Waals surface area contributed by atoms with Crippen molar-refractivity contribution >= 4 is 17.3 Å². The van der Waals surface area contributed by atoms with E-state index in [1.54, 1.807) is 19.3 Å². The molecule has 0 saturated heterocycles. The number of carbonyl (C=O) groups excluding carboxylic acids is 1. The summed E-state index contributed by atoms with van der Waals surface area (Å²) >= 11 is 0. The average Bonchev–Trinajstić information content (AvgIpc) is 2.98. The van der Waals surface area contributed by atoms with Crippen LogP contribution in [0.4, 0.5) is 11.4 Å². The highest BCUT2D eigenvalue weighted by molar-refractivity contribution is 5.98. The molecule has 0 bridgehead atoms. The minimum Gasteiger partial charge on any atom is -0.467 e. The Morgan fingerprint density at radius 1 is 1.29 bits per heavy atom. The first-order valence-corrected chi connectivity index (χ1v) is 7.00. The predicted molar refractivity (Wildman–Crippen MR) is 82.2 cm³/mol. The van der Waals surface area contributed by atoms with Crippen LogP contribution in [-0.4, -0.2) is 19.1 Å². The van der Waals surface area contributed by atoms with Crippen LogP contribution in [0.5, 0.6) is 0 Å². The molecule has 0 aliphatic rings. The molecule has 0 atom stereocenters. The number of anilines is 2. The third kappa shape index (κ3) is 3.37. The van der Waals surface area contributed by atoms with Crippen LogP contribution in [-0.2, 0) is 11.3 Å². The van der Waals surface area contributed by atoms with Gasteiger partial charge in [0.1, 0.15) is 5.76 Å². The van der Waals surface area contributed by atoms with Gasteiger partial charge in [-0.1, -0.05) is 6.07 Å². The number of para-hydroxylation sites is 1. The summed E-state index contributed by atoms with van der Waals surface area (Å²) in [5.74, 6) is 0.448. The van der Waals surface area contributed by atoms with Crippen molar-refractivity contribution in [2.24, 2.45) is 0 Å². The first-order chi connectivity index (χ1) is 10.2. The number of nitrogen functional groups attached to an aromatic ring is 1. The molecular formula is C16H20N2O3. The highest BCUT2D eigenvalue weighted by Gasteiger charge is 2.17. The van der Waals surface area contributed by atoms with E-state index in [2.05, 4.69) is 4.90 Å². The van der Waals surface area contributed by atoms with Crippen molar-refractivity contribution in [1.82, 2.24) is 0 Å². The van der Waals surface area contributed by atoms with Crippen LogP contribution in [0.3, 0.4) is 0 Å². The summed E-state index contributed by atoms with van der Waals surface area (Å²) in [6, 6.07) is 9.14. The second kappa shape index (κ2) is 6.83. The number of ether oxygens (including phenoxy) is 1. The van der Waals surface area contributed by atoms with Crippen molar-refractivity contribution in [3.8, 4) is 0 Å². The molecule has 0 aliphatic heterocycles. The fraction of sp³-hybridized carbons (Fsp3) is 0.312. The Hall–Kier alpha value is -2.43. The quantitative estimate of drug-likeness (QED) is 0.653. The van der Waals surface area contributed by atoms with Crippen LogP contribution in [0.15, 0.2) is 41.0 Å². The van der Waals surface area contributed by atoms with Crippen molar-refractivity contribution < 1.29 is 13.9 Å². The van der Waals surface area contributed by atoms with Gasteiger partial charge in [-0.15, -0.1) is 0 Å². The highest BCUT2D eigenvalue weighted by atomic mass is 16.5. The van der Waals surface area contributed by atoms with Crippen LogP contribution in [0.1, 0.15) is 30.0 Å². The van der Waals surface area contributed by atoms with Gasteiger partial charge in [0.15, 0.2) is 0 Å². The van der Waals surface area contributed by atoms with E-state index in [0.29, 0.717) is 24.4 Å². The van der Waals surface area contributed by atoms with Gasteiger partial charge in [-0.25, -0.2) is 4.79 Å². The van der Waals surface area contributed by atoms with E-state index in [9.17, 15) is 4.79 Å². The maximum absolute atomic E-state index is 11.9. The molecule has 1 aromatic heterocycles. The number of hydrogen-bond donors (Lipinski definition) is 1. The van der Waals surface area contributed by atoms with Gasteiger partial charge in [0.2, 0.25) is 0 Å². The van der Waals surface area contributed by atoms with E-state index in [0.717, 1.165) is 18.0 Å². The zero-order valence-corrected chi connectivity index (χ0v) is 12.3. The number of esters is 1. The number of nitrogens with zero attached hydrogens (tertiary/aromatic N) is 1. The summed E-state index contributed by atoms with van der Waals surface area (Å²) < 4.78 is 10.4. The van der Waals surface area contributed by atoms with E-state index < -0.39 is 5.97 Å². The molecule has 5 heteroatoms. The minimum absolute atomic E-state index is 0.326. The zero-order chi connectivity index (χ0) is 15.2. The summed E-state index contributed by atoms with van der Waals surface area (Å²) in [4.78, 5) is 14.0. The van der Waals surface area contributed by atoms with Crippen molar-refractivity contribution in [2.75, 3.05) is 23.8 Å². The third-order valence-corrected chi connectivity index (χ3v) is 3.23. The monoisotopic (exact) mass is 288 g/mol. The topological polar surface area (TPSA) is 68.7 Å². The second-order valence-electron chi connectivity index (χ2n) is 4.55. The third-order valence-electron chi connectivity index (χ3n) is 3.23. The van der Waals surface area contributed by atoms with Gasteiger partial charge in [0.05, 0.1) is 36.4 Å². The van der Waals surface area contributed by atoms with Crippen LogP contribution in [0, 0.1) is 0 Å². The normalized spacial score (nSPS) is 10.4. The Morgan fingerprint density at radius 2 is 2.10 bits per heavy atom. The Kier molecular flexibility index (Phi) is 4.87. The number of rotatable bonds is 6. The van der Waals surface area contributed by atoms with Gasteiger partial charge in [0.25, 0.3) is 0 Å². The summed E-state index contributed by atoms with van der Waals surface area (Å²) in [6.07, 6.45) is 1.64. The lowest BCUT2D eigenvalue weighted by Gasteiger charge is -2.24. The molecule has 0 radical (unpaired) electrons. The molecule has 112 valence electrons. The molecule has 0 unspecified atom stereocenters. The van der Waals surface area contributed by atoms with Crippen molar-refractivity contribution in [3.63, 3.8) is 0 Å². The lowest BCUT2D eigenvalue weighted by atomic mass is 10.1.